The van der Waals surface area contributed by atoms with E-state index < -0.39 is 5.67 Å². The van der Waals surface area contributed by atoms with Gasteiger partial charge in [-0.2, -0.15) is 5.10 Å². The molecule has 4 heteroatoms. The molecule has 1 aromatic rings. The molecule has 1 saturated carbocycles. The fraction of sp³-hybridized carbons (Fsp3) is 0.750. The van der Waals surface area contributed by atoms with Crippen LogP contribution in [0.4, 0.5) is 4.39 Å². The molecule has 0 saturated heterocycles. The van der Waals surface area contributed by atoms with Crippen molar-refractivity contribution in [2.24, 2.45) is 12.8 Å². The molecule has 0 atom stereocenters. The van der Waals surface area contributed by atoms with Crippen LogP contribution in [0.5, 0.6) is 0 Å². The number of rotatable bonds is 2. The first-order valence-corrected chi connectivity index (χ1v) is 5.92. The van der Waals surface area contributed by atoms with Crippen molar-refractivity contribution in [1.82, 2.24) is 9.78 Å². The van der Waals surface area contributed by atoms with Gasteiger partial charge in [0.1, 0.15) is 5.67 Å². The number of alkyl halides is 1. The zero-order chi connectivity index (χ0) is 11.8. The zero-order valence-corrected chi connectivity index (χ0v) is 10.0. The average molecular weight is 225 g/mol. The van der Waals surface area contributed by atoms with Crippen LogP contribution in [0.15, 0.2) is 6.07 Å². The van der Waals surface area contributed by atoms with Crippen LogP contribution in [-0.4, -0.2) is 21.5 Å². The van der Waals surface area contributed by atoms with E-state index in [0.29, 0.717) is 19.3 Å². The summed E-state index contributed by atoms with van der Waals surface area (Å²) in [5, 5.41) is 4.25. The van der Waals surface area contributed by atoms with Crippen molar-refractivity contribution in [3.05, 3.63) is 17.5 Å². The highest BCUT2D eigenvalue weighted by molar-refractivity contribution is 5.12. The van der Waals surface area contributed by atoms with Gasteiger partial charge in [0.15, 0.2) is 0 Å². The summed E-state index contributed by atoms with van der Waals surface area (Å²) in [7, 11) is 1.88. The zero-order valence-electron chi connectivity index (χ0n) is 10.0. The molecule has 0 aromatic carbocycles. The number of halogens is 1. The Labute approximate surface area is 95.8 Å². The van der Waals surface area contributed by atoms with E-state index in [9.17, 15) is 4.39 Å². The number of aromatic nitrogens is 2. The molecule has 1 heterocycles. The molecule has 0 spiro atoms. The standard InChI is InChI=1S/C12H20FN3/c1-9-7-11(16(2)15-9)8-12(13)5-3-10(14)4-6-12/h7,10H,3-6,8,14H2,1-2H3. The summed E-state index contributed by atoms with van der Waals surface area (Å²) in [5.41, 5.74) is 6.66. The molecule has 90 valence electrons. The molecule has 1 aliphatic rings. The molecular formula is C12H20FN3. The Bertz CT molecular complexity index is 364. The topological polar surface area (TPSA) is 43.8 Å². The van der Waals surface area contributed by atoms with Crippen molar-refractivity contribution in [2.45, 2.75) is 50.7 Å². The lowest BCUT2D eigenvalue weighted by Gasteiger charge is -2.32. The van der Waals surface area contributed by atoms with Gasteiger partial charge >= 0.3 is 0 Å². The Morgan fingerprint density at radius 3 is 2.69 bits per heavy atom. The van der Waals surface area contributed by atoms with Gasteiger partial charge in [0.25, 0.3) is 0 Å². The van der Waals surface area contributed by atoms with Crippen molar-refractivity contribution >= 4 is 0 Å². The van der Waals surface area contributed by atoms with Crippen LogP contribution in [0.25, 0.3) is 0 Å². The summed E-state index contributed by atoms with van der Waals surface area (Å²) in [6, 6.07) is 2.16. The largest absolute Gasteiger partial charge is 0.328 e. The van der Waals surface area contributed by atoms with Crippen LogP contribution in [0.3, 0.4) is 0 Å². The van der Waals surface area contributed by atoms with E-state index in [2.05, 4.69) is 5.10 Å². The second-order valence-corrected chi connectivity index (χ2v) is 5.07. The highest BCUT2D eigenvalue weighted by Gasteiger charge is 2.35. The van der Waals surface area contributed by atoms with Crippen molar-refractivity contribution in [3.63, 3.8) is 0 Å². The third kappa shape index (κ3) is 2.43. The highest BCUT2D eigenvalue weighted by atomic mass is 19.1. The second kappa shape index (κ2) is 4.17. The van der Waals surface area contributed by atoms with Gasteiger partial charge in [-0.05, 0) is 38.7 Å². The number of hydrogen-bond acceptors (Lipinski definition) is 2. The van der Waals surface area contributed by atoms with Gasteiger partial charge in [-0.15, -0.1) is 0 Å². The van der Waals surface area contributed by atoms with E-state index in [1.54, 1.807) is 4.68 Å². The van der Waals surface area contributed by atoms with E-state index in [1.807, 2.05) is 20.0 Å². The first-order valence-electron chi connectivity index (χ1n) is 5.92. The average Bonchev–Trinajstić information content (AvgIpc) is 2.51. The van der Waals surface area contributed by atoms with Crippen LogP contribution in [0.1, 0.15) is 37.1 Å². The quantitative estimate of drug-likeness (QED) is 0.835. The van der Waals surface area contributed by atoms with Crippen molar-refractivity contribution in [1.29, 1.82) is 0 Å². The first kappa shape index (κ1) is 11.6. The second-order valence-electron chi connectivity index (χ2n) is 5.07. The van der Waals surface area contributed by atoms with E-state index >= 15 is 0 Å². The molecular weight excluding hydrogens is 205 g/mol. The summed E-state index contributed by atoms with van der Waals surface area (Å²) in [6.07, 6.45) is 3.23. The van der Waals surface area contributed by atoms with Crippen LogP contribution in [0.2, 0.25) is 0 Å². The molecule has 0 radical (unpaired) electrons. The van der Waals surface area contributed by atoms with E-state index in [0.717, 1.165) is 24.2 Å². The lowest BCUT2D eigenvalue weighted by molar-refractivity contribution is 0.0972. The van der Waals surface area contributed by atoms with Crippen LogP contribution < -0.4 is 5.73 Å². The Morgan fingerprint density at radius 1 is 1.56 bits per heavy atom. The van der Waals surface area contributed by atoms with Gasteiger partial charge in [-0.25, -0.2) is 4.39 Å². The number of nitrogens with zero attached hydrogens (tertiary/aromatic N) is 2. The van der Waals surface area contributed by atoms with E-state index in [1.165, 1.54) is 0 Å². The van der Waals surface area contributed by atoms with E-state index in [-0.39, 0.29) is 6.04 Å². The monoisotopic (exact) mass is 225 g/mol. The third-order valence-electron chi connectivity index (χ3n) is 3.52. The number of aryl methyl sites for hydroxylation is 2. The van der Waals surface area contributed by atoms with Crippen molar-refractivity contribution < 1.29 is 4.39 Å². The molecule has 0 bridgehead atoms. The summed E-state index contributed by atoms with van der Waals surface area (Å²) < 4.78 is 16.3. The Morgan fingerprint density at radius 2 is 2.19 bits per heavy atom. The maximum absolute atomic E-state index is 14.5. The van der Waals surface area contributed by atoms with Gasteiger partial charge in [-0.1, -0.05) is 0 Å². The smallest absolute Gasteiger partial charge is 0.116 e. The summed E-state index contributed by atoms with van der Waals surface area (Å²) in [6.45, 7) is 1.94. The predicted molar refractivity (Wildman–Crippen MR) is 61.9 cm³/mol. The Kier molecular flexibility index (Phi) is 3.02. The minimum atomic E-state index is -1.07. The van der Waals surface area contributed by atoms with Crippen LogP contribution in [-0.2, 0) is 13.5 Å². The molecule has 2 N–H and O–H groups in total. The molecule has 0 amide bonds. The maximum atomic E-state index is 14.5. The molecule has 2 rings (SSSR count). The number of hydrogen-bond donors (Lipinski definition) is 1. The molecule has 1 aromatic heterocycles. The summed E-state index contributed by atoms with van der Waals surface area (Å²) >= 11 is 0. The molecule has 1 aliphatic carbocycles. The Balaban J connectivity index is 2.06. The van der Waals surface area contributed by atoms with Crippen molar-refractivity contribution in [2.75, 3.05) is 0 Å². The van der Waals surface area contributed by atoms with Gasteiger partial charge in [-0.3, -0.25) is 4.68 Å². The van der Waals surface area contributed by atoms with Crippen LogP contribution in [0, 0.1) is 6.92 Å². The van der Waals surface area contributed by atoms with Gasteiger partial charge in [0.2, 0.25) is 0 Å². The van der Waals surface area contributed by atoms with E-state index in [4.69, 9.17) is 5.73 Å². The minimum Gasteiger partial charge on any atom is -0.328 e. The molecule has 3 nitrogen and oxygen atoms in total. The van der Waals surface area contributed by atoms with Gasteiger partial charge in [0.05, 0.1) is 5.69 Å². The third-order valence-corrected chi connectivity index (χ3v) is 3.52. The lowest BCUT2D eigenvalue weighted by atomic mass is 9.81. The van der Waals surface area contributed by atoms with Crippen LogP contribution >= 0.6 is 0 Å². The summed E-state index contributed by atoms with van der Waals surface area (Å²) in [5.74, 6) is 0. The molecule has 0 unspecified atom stereocenters. The van der Waals surface area contributed by atoms with Gasteiger partial charge < -0.3 is 5.73 Å². The van der Waals surface area contributed by atoms with Crippen molar-refractivity contribution in [3.8, 4) is 0 Å². The molecule has 1 fully saturated rings. The van der Waals surface area contributed by atoms with Gasteiger partial charge in [0, 0.05) is 25.2 Å². The minimum absolute atomic E-state index is 0.192. The SMILES string of the molecule is Cc1cc(CC2(F)CCC(N)CC2)n(C)n1. The normalized spacial score (nSPS) is 30.6. The molecule has 16 heavy (non-hydrogen) atoms. The lowest BCUT2D eigenvalue weighted by Crippen LogP contribution is -2.37. The fourth-order valence-corrected chi connectivity index (χ4v) is 2.49. The predicted octanol–water partition coefficient (Wildman–Crippen LogP) is 1.88. The first-order chi connectivity index (χ1) is 7.48. The fourth-order valence-electron chi connectivity index (χ4n) is 2.49. The Hall–Kier alpha value is -0.900. The highest BCUT2D eigenvalue weighted by Crippen LogP contribution is 2.34. The summed E-state index contributed by atoms with van der Waals surface area (Å²) in [4.78, 5) is 0. The maximum Gasteiger partial charge on any atom is 0.116 e. The number of nitrogens with two attached hydrogens (primary N) is 1. The molecule has 0 aliphatic heterocycles.